The first kappa shape index (κ1) is 18.9. The molecular formula is C19H26N6O2. The minimum absolute atomic E-state index is 0.511. The molecule has 3 aromatic heterocycles. The summed E-state index contributed by atoms with van der Waals surface area (Å²) in [6.45, 7) is 2.80. The lowest BCUT2D eigenvalue weighted by Crippen LogP contribution is -2.38. The Labute approximate surface area is 158 Å². The van der Waals surface area contributed by atoms with Crippen molar-refractivity contribution >= 4 is 11.6 Å². The van der Waals surface area contributed by atoms with Crippen LogP contribution in [0.1, 0.15) is 24.4 Å². The molecule has 0 atom stereocenters. The number of fused-ring (bicyclic) bond motifs is 1. The summed E-state index contributed by atoms with van der Waals surface area (Å²) < 4.78 is 12.8. The Morgan fingerprint density at radius 2 is 2.04 bits per heavy atom. The molecule has 0 aliphatic heterocycles. The number of hydrogen-bond donors (Lipinski definition) is 2. The van der Waals surface area contributed by atoms with Gasteiger partial charge < -0.3 is 19.8 Å². The Balaban J connectivity index is 1.26. The van der Waals surface area contributed by atoms with E-state index in [-0.39, 0.29) is 0 Å². The first-order chi connectivity index (χ1) is 13.4. The minimum Gasteiger partial charge on any atom is -0.467 e. The third kappa shape index (κ3) is 5.82. The van der Waals surface area contributed by atoms with Crippen LogP contribution in [0.3, 0.4) is 0 Å². The van der Waals surface area contributed by atoms with Crippen LogP contribution in [0.5, 0.6) is 0 Å². The molecule has 8 nitrogen and oxygen atoms in total. The highest BCUT2D eigenvalue weighted by atomic mass is 16.5. The van der Waals surface area contributed by atoms with Gasteiger partial charge in [-0.15, -0.1) is 10.2 Å². The highest BCUT2D eigenvalue weighted by Crippen LogP contribution is 2.04. The van der Waals surface area contributed by atoms with E-state index >= 15 is 0 Å². The van der Waals surface area contributed by atoms with E-state index in [4.69, 9.17) is 9.15 Å². The topological polar surface area (TPSA) is 89.0 Å². The predicted molar refractivity (Wildman–Crippen MR) is 104 cm³/mol. The Morgan fingerprint density at radius 1 is 1.15 bits per heavy atom. The van der Waals surface area contributed by atoms with Gasteiger partial charge in [-0.1, -0.05) is 6.07 Å². The second-order valence-corrected chi connectivity index (χ2v) is 6.06. The third-order valence-electron chi connectivity index (χ3n) is 4.06. The van der Waals surface area contributed by atoms with E-state index in [0.29, 0.717) is 13.2 Å². The van der Waals surface area contributed by atoms with Crippen molar-refractivity contribution in [3.63, 3.8) is 0 Å². The molecule has 8 heteroatoms. The van der Waals surface area contributed by atoms with Crippen molar-refractivity contribution in [3.05, 3.63) is 54.4 Å². The Hall–Kier alpha value is -2.87. The van der Waals surface area contributed by atoms with E-state index in [2.05, 4.69) is 25.8 Å². The fourth-order valence-electron chi connectivity index (χ4n) is 2.68. The number of aliphatic imine (C=N–C) groups is 1. The van der Waals surface area contributed by atoms with Gasteiger partial charge in [0, 0.05) is 39.4 Å². The molecule has 27 heavy (non-hydrogen) atoms. The summed E-state index contributed by atoms with van der Waals surface area (Å²) in [5.74, 6) is 2.62. The average molecular weight is 370 g/mol. The molecule has 0 saturated heterocycles. The standard InChI is InChI=1S/C19H26N6O2/c1-20-19(22-11-6-13-26-15-16-7-5-14-27-16)21-10-4-9-18-24-23-17-8-2-3-12-25(17)18/h2-3,5,7-8,12,14H,4,6,9-11,13,15H2,1H3,(H2,20,21,22). The number of hydrogen-bond acceptors (Lipinski definition) is 5. The number of pyridine rings is 1. The van der Waals surface area contributed by atoms with Crippen LogP contribution in [0, 0.1) is 0 Å². The zero-order valence-corrected chi connectivity index (χ0v) is 15.6. The molecule has 2 N–H and O–H groups in total. The quantitative estimate of drug-likeness (QED) is 0.322. The molecule has 3 heterocycles. The van der Waals surface area contributed by atoms with Crippen LogP contribution >= 0.6 is 0 Å². The zero-order valence-electron chi connectivity index (χ0n) is 15.6. The summed E-state index contributed by atoms with van der Waals surface area (Å²) in [5.41, 5.74) is 0.882. The fourth-order valence-corrected chi connectivity index (χ4v) is 2.68. The summed E-state index contributed by atoms with van der Waals surface area (Å²) in [6, 6.07) is 9.68. The number of nitrogens with zero attached hydrogens (tertiary/aromatic N) is 4. The first-order valence-corrected chi connectivity index (χ1v) is 9.20. The van der Waals surface area contributed by atoms with Crippen LogP contribution in [0.2, 0.25) is 0 Å². The van der Waals surface area contributed by atoms with Gasteiger partial charge in [0.1, 0.15) is 18.2 Å². The van der Waals surface area contributed by atoms with Crippen LogP contribution in [0.15, 0.2) is 52.2 Å². The average Bonchev–Trinajstić information content (AvgIpc) is 3.36. The largest absolute Gasteiger partial charge is 0.467 e. The van der Waals surface area contributed by atoms with Crippen molar-refractivity contribution in [2.45, 2.75) is 25.9 Å². The highest BCUT2D eigenvalue weighted by molar-refractivity contribution is 5.79. The van der Waals surface area contributed by atoms with Crippen LogP contribution in [0.4, 0.5) is 0 Å². The summed E-state index contributed by atoms with van der Waals surface area (Å²) in [5, 5.41) is 15.0. The SMILES string of the molecule is CN=C(NCCCOCc1ccco1)NCCCc1nnc2ccccn12. The molecule has 0 fully saturated rings. The van der Waals surface area contributed by atoms with Crippen LogP contribution in [-0.4, -0.2) is 47.3 Å². The molecule has 0 aromatic carbocycles. The summed E-state index contributed by atoms with van der Waals surface area (Å²) in [6.07, 6.45) is 6.35. The molecule has 0 radical (unpaired) electrons. The van der Waals surface area contributed by atoms with E-state index < -0.39 is 0 Å². The van der Waals surface area contributed by atoms with Gasteiger partial charge >= 0.3 is 0 Å². The molecule has 3 rings (SSSR count). The molecule has 3 aromatic rings. The number of aryl methyl sites for hydroxylation is 1. The summed E-state index contributed by atoms with van der Waals surface area (Å²) in [7, 11) is 1.77. The van der Waals surface area contributed by atoms with Gasteiger partial charge in [-0.3, -0.25) is 9.39 Å². The van der Waals surface area contributed by atoms with E-state index in [9.17, 15) is 0 Å². The second-order valence-electron chi connectivity index (χ2n) is 6.06. The van der Waals surface area contributed by atoms with Crippen molar-refractivity contribution < 1.29 is 9.15 Å². The lowest BCUT2D eigenvalue weighted by atomic mass is 10.3. The highest BCUT2D eigenvalue weighted by Gasteiger charge is 2.04. The molecule has 0 spiro atoms. The maximum Gasteiger partial charge on any atom is 0.190 e. The smallest absolute Gasteiger partial charge is 0.190 e. The molecule has 0 aliphatic carbocycles. The first-order valence-electron chi connectivity index (χ1n) is 9.20. The van der Waals surface area contributed by atoms with E-state index in [1.165, 1.54) is 0 Å². The number of nitrogens with one attached hydrogen (secondary N) is 2. The number of furan rings is 1. The second kappa shape index (κ2) is 10.3. The lowest BCUT2D eigenvalue weighted by molar-refractivity contribution is 0.105. The van der Waals surface area contributed by atoms with Gasteiger partial charge in [0.05, 0.1) is 6.26 Å². The number of ether oxygens (including phenoxy) is 1. The fraction of sp³-hybridized carbons (Fsp3) is 0.421. The normalized spacial score (nSPS) is 11.8. The van der Waals surface area contributed by atoms with Crippen molar-refractivity contribution in [1.82, 2.24) is 25.2 Å². The van der Waals surface area contributed by atoms with Gasteiger partial charge in [-0.2, -0.15) is 0 Å². The number of rotatable bonds is 10. The molecule has 0 aliphatic rings. The van der Waals surface area contributed by atoms with Gasteiger partial charge in [-0.05, 0) is 37.1 Å². The van der Waals surface area contributed by atoms with E-state index in [1.54, 1.807) is 13.3 Å². The maximum atomic E-state index is 5.56. The van der Waals surface area contributed by atoms with E-state index in [1.807, 2.05) is 40.9 Å². The maximum absolute atomic E-state index is 5.56. The summed E-state index contributed by atoms with van der Waals surface area (Å²) in [4.78, 5) is 4.24. The number of guanidine groups is 1. The molecule has 0 unspecified atom stereocenters. The van der Waals surface area contributed by atoms with E-state index in [0.717, 1.165) is 55.5 Å². The van der Waals surface area contributed by atoms with Crippen molar-refractivity contribution in [2.75, 3.05) is 26.7 Å². The molecule has 0 saturated carbocycles. The lowest BCUT2D eigenvalue weighted by Gasteiger charge is -2.11. The Morgan fingerprint density at radius 3 is 2.85 bits per heavy atom. The molecule has 0 bridgehead atoms. The monoisotopic (exact) mass is 370 g/mol. The Bertz CT molecular complexity index is 828. The zero-order chi connectivity index (χ0) is 18.7. The van der Waals surface area contributed by atoms with Gasteiger partial charge in [0.2, 0.25) is 0 Å². The van der Waals surface area contributed by atoms with Crippen molar-refractivity contribution in [2.24, 2.45) is 4.99 Å². The predicted octanol–water partition coefficient (Wildman–Crippen LogP) is 2.03. The van der Waals surface area contributed by atoms with Crippen LogP contribution in [0.25, 0.3) is 5.65 Å². The molecular weight excluding hydrogens is 344 g/mol. The van der Waals surface area contributed by atoms with Gasteiger partial charge in [0.15, 0.2) is 11.6 Å². The summed E-state index contributed by atoms with van der Waals surface area (Å²) >= 11 is 0. The van der Waals surface area contributed by atoms with Crippen molar-refractivity contribution in [1.29, 1.82) is 0 Å². The Kier molecular flexibility index (Phi) is 7.23. The van der Waals surface area contributed by atoms with Crippen LogP contribution < -0.4 is 10.6 Å². The molecule has 144 valence electrons. The molecule has 0 amide bonds. The van der Waals surface area contributed by atoms with Crippen LogP contribution in [-0.2, 0) is 17.8 Å². The number of aromatic nitrogens is 3. The van der Waals surface area contributed by atoms with Crippen molar-refractivity contribution in [3.8, 4) is 0 Å². The van der Waals surface area contributed by atoms with Gasteiger partial charge in [0.25, 0.3) is 0 Å². The third-order valence-corrected chi connectivity index (χ3v) is 4.06. The minimum atomic E-state index is 0.511. The van der Waals surface area contributed by atoms with Gasteiger partial charge in [-0.25, -0.2) is 0 Å².